The van der Waals surface area contributed by atoms with Gasteiger partial charge in [-0.05, 0) is 70.9 Å². The SMILES string of the molecule is C=CC(=O)NCCc1ccc(-c2ccc(-c3ccc(-c4ccc(CCCCC)cc4)cc3)cc2Cl)c(F)c1. The van der Waals surface area contributed by atoms with E-state index in [1.807, 2.05) is 24.3 Å². The summed E-state index contributed by atoms with van der Waals surface area (Å²) < 4.78 is 14.9. The number of benzene rings is 4. The van der Waals surface area contributed by atoms with Gasteiger partial charge in [-0.1, -0.05) is 111 Å². The summed E-state index contributed by atoms with van der Waals surface area (Å²) in [5.74, 6) is -0.580. The Hall–Kier alpha value is -3.69. The maximum absolute atomic E-state index is 14.9. The summed E-state index contributed by atoms with van der Waals surface area (Å²) in [4.78, 5) is 11.3. The molecule has 0 heterocycles. The Bertz CT molecular complexity index is 1390. The molecule has 38 heavy (non-hydrogen) atoms. The zero-order valence-corrected chi connectivity index (χ0v) is 22.5. The lowest BCUT2D eigenvalue weighted by Crippen LogP contribution is -2.23. The molecule has 0 atom stereocenters. The second kappa shape index (κ2) is 13.2. The highest BCUT2D eigenvalue weighted by Crippen LogP contribution is 2.34. The van der Waals surface area contributed by atoms with Gasteiger partial charge in [-0.2, -0.15) is 0 Å². The average molecular weight is 526 g/mol. The Morgan fingerprint density at radius 1 is 0.789 bits per heavy atom. The first kappa shape index (κ1) is 27.3. The quantitative estimate of drug-likeness (QED) is 0.153. The molecule has 0 aliphatic rings. The fourth-order valence-corrected chi connectivity index (χ4v) is 4.83. The minimum Gasteiger partial charge on any atom is -0.352 e. The van der Waals surface area contributed by atoms with Gasteiger partial charge in [-0.15, -0.1) is 0 Å². The van der Waals surface area contributed by atoms with E-state index in [-0.39, 0.29) is 11.7 Å². The van der Waals surface area contributed by atoms with Crippen LogP contribution in [0.15, 0.2) is 97.6 Å². The van der Waals surface area contributed by atoms with Gasteiger partial charge in [0, 0.05) is 22.7 Å². The number of carbonyl (C=O) groups excluding carboxylic acids is 1. The van der Waals surface area contributed by atoms with Crippen LogP contribution in [0.5, 0.6) is 0 Å². The summed E-state index contributed by atoms with van der Waals surface area (Å²) in [5, 5.41) is 3.20. The van der Waals surface area contributed by atoms with Crippen molar-refractivity contribution in [1.29, 1.82) is 0 Å². The molecule has 0 saturated carbocycles. The molecule has 0 spiro atoms. The second-order valence-corrected chi connectivity index (χ2v) is 9.89. The minimum atomic E-state index is -0.340. The van der Waals surface area contributed by atoms with E-state index >= 15 is 0 Å². The molecule has 0 bridgehead atoms. The van der Waals surface area contributed by atoms with Gasteiger partial charge in [0.15, 0.2) is 0 Å². The zero-order chi connectivity index (χ0) is 26.9. The average Bonchev–Trinajstić information content (AvgIpc) is 2.94. The van der Waals surface area contributed by atoms with Gasteiger partial charge >= 0.3 is 0 Å². The summed E-state index contributed by atoms with van der Waals surface area (Å²) in [6.45, 7) is 6.07. The van der Waals surface area contributed by atoms with Crippen LogP contribution in [0.2, 0.25) is 5.02 Å². The maximum atomic E-state index is 14.9. The van der Waals surface area contributed by atoms with Crippen molar-refractivity contribution in [2.24, 2.45) is 0 Å². The van der Waals surface area contributed by atoms with E-state index in [0.717, 1.165) is 23.1 Å². The number of unbranched alkanes of at least 4 members (excludes halogenated alkanes) is 2. The van der Waals surface area contributed by atoms with Crippen LogP contribution in [0.25, 0.3) is 33.4 Å². The first-order valence-corrected chi connectivity index (χ1v) is 13.5. The Balaban J connectivity index is 1.45. The summed E-state index contributed by atoms with van der Waals surface area (Å²) in [6, 6.07) is 28.1. The van der Waals surface area contributed by atoms with E-state index in [9.17, 15) is 9.18 Å². The number of hydrogen-bond acceptors (Lipinski definition) is 1. The molecule has 0 fully saturated rings. The lowest BCUT2D eigenvalue weighted by atomic mass is 9.96. The summed E-state index contributed by atoms with van der Waals surface area (Å²) in [7, 11) is 0. The maximum Gasteiger partial charge on any atom is 0.243 e. The molecule has 0 unspecified atom stereocenters. The highest BCUT2D eigenvalue weighted by Gasteiger charge is 2.12. The van der Waals surface area contributed by atoms with Gasteiger partial charge < -0.3 is 5.32 Å². The van der Waals surface area contributed by atoms with Crippen molar-refractivity contribution in [3.05, 3.63) is 120 Å². The Morgan fingerprint density at radius 3 is 1.97 bits per heavy atom. The molecule has 194 valence electrons. The normalized spacial score (nSPS) is 10.8. The molecule has 1 N–H and O–H groups in total. The lowest BCUT2D eigenvalue weighted by Gasteiger charge is -2.11. The highest BCUT2D eigenvalue weighted by molar-refractivity contribution is 6.33. The van der Waals surface area contributed by atoms with Gasteiger partial charge in [0.1, 0.15) is 5.82 Å². The first-order valence-electron chi connectivity index (χ1n) is 13.2. The van der Waals surface area contributed by atoms with Crippen molar-refractivity contribution in [3.63, 3.8) is 0 Å². The third-order valence-corrected chi connectivity index (χ3v) is 7.08. The molecular weight excluding hydrogens is 493 g/mol. The number of halogens is 2. The van der Waals surface area contributed by atoms with E-state index in [1.54, 1.807) is 6.07 Å². The molecule has 4 aromatic carbocycles. The standard InChI is InChI=1S/C34H33ClFNO/c1-3-5-6-7-24-8-11-26(12-9-24)27-13-15-28(16-14-27)29-17-19-30(32(35)23-29)31-18-10-25(22-33(31)36)20-21-37-34(38)4-2/h4,8-19,22-23H,2-3,5-7,20-21H2,1H3,(H,37,38). The molecule has 4 aromatic rings. The number of amides is 1. The van der Waals surface area contributed by atoms with Crippen molar-refractivity contribution in [1.82, 2.24) is 5.32 Å². The third kappa shape index (κ3) is 6.99. The minimum absolute atomic E-state index is 0.240. The van der Waals surface area contributed by atoms with Crippen LogP contribution in [0, 0.1) is 5.82 Å². The lowest BCUT2D eigenvalue weighted by molar-refractivity contribution is -0.116. The predicted octanol–water partition coefficient (Wildman–Crippen LogP) is 9.06. The van der Waals surface area contributed by atoms with Crippen LogP contribution >= 0.6 is 11.6 Å². The topological polar surface area (TPSA) is 29.1 Å². The number of carbonyl (C=O) groups is 1. The number of hydrogen-bond donors (Lipinski definition) is 1. The van der Waals surface area contributed by atoms with Crippen LogP contribution < -0.4 is 5.32 Å². The number of aryl methyl sites for hydroxylation is 1. The molecule has 0 aromatic heterocycles. The van der Waals surface area contributed by atoms with Gasteiger partial charge in [0.25, 0.3) is 0 Å². The second-order valence-electron chi connectivity index (χ2n) is 9.49. The van der Waals surface area contributed by atoms with Gasteiger partial charge in [0.05, 0.1) is 0 Å². The van der Waals surface area contributed by atoms with Crippen LogP contribution in [0.1, 0.15) is 37.3 Å². The van der Waals surface area contributed by atoms with E-state index in [0.29, 0.717) is 29.1 Å². The first-order chi connectivity index (χ1) is 18.5. The molecule has 0 aliphatic carbocycles. The molecular formula is C34H33ClFNO. The molecule has 0 aliphatic heterocycles. The van der Waals surface area contributed by atoms with Crippen molar-refractivity contribution >= 4 is 17.5 Å². The van der Waals surface area contributed by atoms with Crippen LogP contribution in [0.4, 0.5) is 4.39 Å². The Labute approximate surface area is 230 Å². The molecule has 2 nitrogen and oxygen atoms in total. The van der Waals surface area contributed by atoms with Crippen molar-refractivity contribution in [3.8, 4) is 33.4 Å². The fourth-order valence-electron chi connectivity index (χ4n) is 4.55. The summed E-state index contributed by atoms with van der Waals surface area (Å²) in [6.07, 6.45) is 6.63. The highest BCUT2D eigenvalue weighted by atomic mass is 35.5. The molecule has 4 heteroatoms. The number of rotatable bonds is 11. The molecule has 1 amide bonds. The molecule has 4 rings (SSSR count). The van der Waals surface area contributed by atoms with E-state index in [2.05, 4.69) is 67.4 Å². The van der Waals surface area contributed by atoms with Gasteiger partial charge in [-0.25, -0.2) is 4.39 Å². The zero-order valence-electron chi connectivity index (χ0n) is 21.8. The van der Waals surface area contributed by atoms with E-state index in [4.69, 9.17) is 11.6 Å². The Kier molecular flexibility index (Phi) is 9.51. The third-order valence-electron chi connectivity index (χ3n) is 6.77. The van der Waals surface area contributed by atoms with Crippen LogP contribution in [-0.4, -0.2) is 12.5 Å². The fraction of sp³-hybridized carbons (Fsp3) is 0.206. The monoisotopic (exact) mass is 525 g/mol. The number of nitrogens with one attached hydrogen (secondary N) is 1. The summed E-state index contributed by atoms with van der Waals surface area (Å²) in [5.41, 5.74) is 7.69. The van der Waals surface area contributed by atoms with Crippen LogP contribution in [0.3, 0.4) is 0 Å². The molecule has 0 radical (unpaired) electrons. The molecule has 0 saturated heterocycles. The van der Waals surface area contributed by atoms with Gasteiger partial charge in [-0.3, -0.25) is 4.79 Å². The van der Waals surface area contributed by atoms with Crippen LogP contribution in [-0.2, 0) is 17.6 Å². The predicted molar refractivity (Wildman–Crippen MR) is 158 cm³/mol. The summed E-state index contributed by atoms with van der Waals surface area (Å²) >= 11 is 6.62. The largest absolute Gasteiger partial charge is 0.352 e. The van der Waals surface area contributed by atoms with Crippen molar-refractivity contribution in [2.45, 2.75) is 39.0 Å². The van der Waals surface area contributed by atoms with Crippen molar-refractivity contribution < 1.29 is 9.18 Å². The van der Waals surface area contributed by atoms with E-state index < -0.39 is 0 Å². The smallest absolute Gasteiger partial charge is 0.243 e. The Morgan fingerprint density at radius 2 is 1.37 bits per heavy atom. The van der Waals surface area contributed by atoms with Crippen molar-refractivity contribution in [2.75, 3.05) is 6.54 Å². The van der Waals surface area contributed by atoms with E-state index in [1.165, 1.54) is 48.1 Å². The van der Waals surface area contributed by atoms with Gasteiger partial charge in [0.2, 0.25) is 5.91 Å².